The summed E-state index contributed by atoms with van der Waals surface area (Å²) in [5.74, 6) is -0.698. The molecule has 2 aliphatic rings. The summed E-state index contributed by atoms with van der Waals surface area (Å²) in [5.41, 5.74) is 0.534. The Morgan fingerprint density at radius 3 is 2.70 bits per heavy atom. The van der Waals surface area contributed by atoms with Gasteiger partial charge in [0.15, 0.2) is 0 Å². The van der Waals surface area contributed by atoms with Crippen molar-refractivity contribution in [1.29, 1.82) is 0 Å². The van der Waals surface area contributed by atoms with Crippen molar-refractivity contribution in [1.82, 2.24) is 4.90 Å². The van der Waals surface area contributed by atoms with Gasteiger partial charge >= 0.3 is 0 Å². The number of hydrogen-bond acceptors (Lipinski definition) is 2. The molecule has 2 amide bonds. The Morgan fingerprint density at radius 2 is 2.00 bits per heavy atom. The highest BCUT2D eigenvalue weighted by Gasteiger charge is 2.37. The number of carbonyl (C=O) groups is 2. The molecule has 2 fully saturated rings. The number of hydrogen-bond donors (Lipinski definition) is 0. The van der Waals surface area contributed by atoms with Gasteiger partial charge in [0.1, 0.15) is 5.82 Å². The average Bonchev–Trinajstić information content (AvgIpc) is 3.07. The number of likely N-dealkylation sites (tertiary alicyclic amines) is 1. The van der Waals surface area contributed by atoms with E-state index in [-0.39, 0.29) is 30.0 Å². The Bertz CT molecular complexity index is 540. The van der Waals surface area contributed by atoms with Crippen LogP contribution in [0.25, 0.3) is 0 Å². The largest absolute Gasteiger partial charge is 0.342 e. The van der Waals surface area contributed by atoms with Gasteiger partial charge in [0.2, 0.25) is 11.8 Å². The molecule has 0 aliphatic carbocycles. The minimum absolute atomic E-state index is 0.0646. The van der Waals surface area contributed by atoms with Gasteiger partial charge in [-0.15, -0.1) is 0 Å². The minimum Gasteiger partial charge on any atom is -0.342 e. The quantitative estimate of drug-likeness (QED) is 0.826. The van der Waals surface area contributed by atoms with Crippen LogP contribution in [0.3, 0.4) is 0 Å². The fourth-order valence-corrected chi connectivity index (χ4v) is 2.96. The fourth-order valence-electron chi connectivity index (χ4n) is 2.96. The van der Waals surface area contributed by atoms with Gasteiger partial charge in [-0.25, -0.2) is 4.39 Å². The van der Waals surface area contributed by atoms with Crippen LogP contribution in [0.5, 0.6) is 0 Å². The normalized spacial score (nSPS) is 22.6. The van der Waals surface area contributed by atoms with Crippen molar-refractivity contribution in [3.05, 3.63) is 30.1 Å². The molecule has 1 aromatic rings. The van der Waals surface area contributed by atoms with Gasteiger partial charge in [0.25, 0.3) is 0 Å². The van der Waals surface area contributed by atoms with Crippen LogP contribution in [-0.2, 0) is 9.59 Å². The maximum Gasteiger partial charge on any atom is 0.228 e. The fraction of sp³-hybridized carbons (Fsp3) is 0.467. The molecule has 0 spiro atoms. The Kier molecular flexibility index (Phi) is 3.42. The van der Waals surface area contributed by atoms with E-state index in [1.807, 2.05) is 4.90 Å². The van der Waals surface area contributed by atoms with Crippen LogP contribution in [0.4, 0.5) is 10.1 Å². The average molecular weight is 276 g/mol. The van der Waals surface area contributed by atoms with Crippen molar-refractivity contribution < 1.29 is 14.0 Å². The van der Waals surface area contributed by atoms with Crippen molar-refractivity contribution in [2.75, 3.05) is 24.5 Å². The molecule has 106 valence electrons. The van der Waals surface area contributed by atoms with Crippen molar-refractivity contribution >= 4 is 17.5 Å². The lowest BCUT2D eigenvalue weighted by atomic mass is 10.1. The van der Waals surface area contributed by atoms with Gasteiger partial charge in [-0.05, 0) is 31.0 Å². The van der Waals surface area contributed by atoms with E-state index < -0.39 is 0 Å². The van der Waals surface area contributed by atoms with Gasteiger partial charge in [-0.1, -0.05) is 6.07 Å². The molecule has 1 unspecified atom stereocenters. The van der Waals surface area contributed by atoms with E-state index in [0.717, 1.165) is 25.9 Å². The summed E-state index contributed by atoms with van der Waals surface area (Å²) in [5, 5.41) is 0. The number of anilines is 1. The Morgan fingerprint density at radius 1 is 1.25 bits per heavy atom. The van der Waals surface area contributed by atoms with E-state index in [9.17, 15) is 14.0 Å². The second-order valence-corrected chi connectivity index (χ2v) is 5.42. The zero-order chi connectivity index (χ0) is 14.1. The highest BCUT2D eigenvalue weighted by atomic mass is 19.1. The second-order valence-electron chi connectivity index (χ2n) is 5.42. The van der Waals surface area contributed by atoms with E-state index in [4.69, 9.17) is 0 Å². The summed E-state index contributed by atoms with van der Waals surface area (Å²) in [6.07, 6.45) is 2.31. The van der Waals surface area contributed by atoms with Gasteiger partial charge in [0.05, 0.1) is 5.92 Å². The zero-order valence-electron chi connectivity index (χ0n) is 11.2. The smallest absolute Gasteiger partial charge is 0.228 e. The number of rotatable bonds is 2. The topological polar surface area (TPSA) is 40.6 Å². The van der Waals surface area contributed by atoms with E-state index in [1.54, 1.807) is 12.1 Å². The molecule has 1 atom stereocenters. The number of amides is 2. The molecule has 2 aliphatic heterocycles. The number of halogens is 1. The molecule has 0 aromatic heterocycles. The first-order valence-corrected chi connectivity index (χ1v) is 7.00. The summed E-state index contributed by atoms with van der Waals surface area (Å²) in [4.78, 5) is 27.7. The Labute approximate surface area is 117 Å². The highest BCUT2D eigenvalue weighted by molar-refractivity contribution is 6.00. The third kappa shape index (κ3) is 2.40. The van der Waals surface area contributed by atoms with Crippen molar-refractivity contribution in [2.24, 2.45) is 5.92 Å². The molecule has 4 nitrogen and oxygen atoms in total. The SMILES string of the molecule is O=C(C1CC(=O)N(c2cccc(F)c2)C1)N1CCCC1. The predicted molar refractivity (Wildman–Crippen MR) is 72.7 cm³/mol. The summed E-state index contributed by atoms with van der Waals surface area (Å²) in [6, 6.07) is 5.95. The monoisotopic (exact) mass is 276 g/mol. The lowest BCUT2D eigenvalue weighted by Crippen LogP contribution is -2.35. The predicted octanol–water partition coefficient (Wildman–Crippen LogP) is 1.80. The van der Waals surface area contributed by atoms with Crippen molar-refractivity contribution in [2.45, 2.75) is 19.3 Å². The summed E-state index contributed by atoms with van der Waals surface area (Å²) < 4.78 is 13.2. The lowest BCUT2D eigenvalue weighted by molar-refractivity contribution is -0.134. The van der Waals surface area contributed by atoms with E-state index >= 15 is 0 Å². The molecule has 0 N–H and O–H groups in total. The van der Waals surface area contributed by atoms with E-state index in [0.29, 0.717) is 12.2 Å². The molecule has 20 heavy (non-hydrogen) atoms. The van der Waals surface area contributed by atoms with Gasteiger partial charge < -0.3 is 9.80 Å². The van der Waals surface area contributed by atoms with Crippen LogP contribution in [0, 0.1) is 11.7 Å². The number of nitrogens with zero attached hydrogens (tertiary/aromatic N) is 2. The molecule has 3 rings (SSSR count). The van der Waals surface area contributed by atoms with Crippen LogP contribution in [-0.4, -0.2) is 36.3 Å². The van der Waals surface area contributed by atoms with Crippen LogP contribution < -0.4 is 4.90 Å². The first kappa shape index (κ1) is 13.1. The van der Waals surface area contributed by atoms with E-state index in [2.05, 4.69) is 0 Å². The number of benzene rings is 1. The van der Waals surface area contributed by atoms with Crippen LogP contribution in [0.15, 0.2) is 24.3 Å². The summed E-state index contributed by atoms with van der Waals surface area (Å²) in [6.45, 7) is 1.95. The Balaban J connectivity index is 1.73. The molecular formula is C15H17FN2O2. The first-order valence-electron chi connectivity index (χ1n) is 7.00. The maximum absolute atomic E-state index is 13.2. The third-order valence-electron chi connectivity index (χ3n) is 4.01. The molecular weight excluding hydrogens is 259 g/mol. The van der Waals surface area contributed by atoms with Crippen LogP contribution in [0.2, 0.25) is 0 Å². The highest BCUT2D eigenvalue weighted by Crippen LogP contribution is 2.27. The van der Waals surface area contributed by atoms with Gasteiger partial charge in [0, 0.05) is 31.7 Å². The van der Waals surface area contributed by atoms with E-state index in [1.165, 1.54) is 17.0 Å². The molecule has 0 bridgehead atoms. The lowest BCUT2D eigenvalue weighted by Gasteiger charge is -2.20. The van der Waals surface area contributed by atoms with Gasteiger partial charge in [-0.3, -0.25) is 9.59 Å². The molecule has 2 saturated heterocycles. The molecule has 2 heterocycles. The first-order chi connectivity index (χ1) is 9.65. The van der Waals surface area contributed by atoms with Crippen molar-refractivity contribution in [3.63, 3.8) is 0 Å². The number of carbonyl (C=O) groups excluding carboxylic acids is 2. The van der Waals surface area contributed by atoms with Crippen LogP contribution >= 0.6 is 0 Å². The molecule has 0 radical (unpaired) electrons. The van der Waals surface area contributed by atoms with Crippen molar-refractivity contribution in [3.8, 4) is 0 Å². The second kappa shape index (κ2) is 5.23. The minimum atomic E-state index is -0.371. The maximum atomic E-state index is 13.2. The zero-order valence-corrected chi connectivity index (χ0v) is 11.2. The summed E-state index contributed by atoms with van der Waals surface area (Å²) in [7, 11) is 0. The molecule has 1 aromatic carbocycles. The standard InChI is InChI=1S/C15H17FN2O2/c16-12-4-3-5-13(9-12)18-10-11(8-14(18)19)15(20)17-6-1-2-7-17/h3-5,9,11H,1-2,6-8,10H2. The third-order valence-corrected chi connectivity index (χ3v) is 4.01. The Hall–Kier alpha value is -1.91. The molecule has 5 heteroatoms. The van der Waals surface area contributed by atoms with Crippen LogP contribution in [0.1, 0.15) is 19.3 Å². The molecule has 0 saturated carbocycles. The van der Waals surface area contributed by atoms with Gasteiger partial charge in [-0.2, -0.15) is 0 Å². The summed E-state index contributed by atoms with van der Waals surface area (Å²) >= 11 is 0.